The van der Waals surface area contributed by atoms with Crippen LogP contribution in [0.25, 0.3) is 16.9 Å². The van der Waals surface area contributed by atoms with Crippen LogP contribution in [0.2, 0.25) is 0 Å². The van der Waals surface area contributed by atoms with Gasteiger partial charge in [-0.05, 0) is 24.3 Å². The third kappa shape index (κ3) is 2.60. The molecule has 21 heavy (non-hydrogen) atoms. The van der Waals surface area contributed by atoms with Gasteiger partial charge in [0, 0.05) is 10.0 Å². The Kier molecular flexibility index (Phi) is 3.58. The fraction of sp³-hybridized carbons (Fsp3) is 0. The molecule has 0 aliphatic rings. The number of rotatable bonds is 3. The van der Waals surface area contributed by atoms with Crippen LogP contribution in [0.3, 0.4) is 0 Å². The van der Waals surface area contributed by atoms with Crippen molar-refractivity contribution < 1.29 is 9.90 Å². The third-order valence-corrected chi connectivity index (χ3v) is 3.65. The van der Waals surface area contributed by atoms with Gasteiger partial charge in [0.05, 0.1) is 17.6 Å². The maximum absolute atomic E-state index is 11.4. The van der Waals surface area contributed by atoms with Gasteiger partial charge in [-0.2, -0.15) is 5.10 Å². The lowest BCUT2D eigenvalue weighted by molar-refractivity contribution is 0.0697. The molecule has 0 aliphatic heterocycles. The Morgan fingerprint density at radius 3 is 2.33 bits per heavy atom. The van der Waals surface area contributed by atoms with Crippen LogP contribution in [0.1, 0.15) is 10.4 Å². The number of carbonyl (C=O) groups is 1. The number of hydrogen-bond donors (Lipinski definition) is 1. The van der Waals surface area contributed by atoms with E-state index >= 15 is 0 Å². The highest BCUT2D eigenvalue weighted by Gasteiger charge is 2.19. The van der Waals surface area contributed by atoms with Gasteiger partial charge in [-0.1, -0.05) is 46.3 Å². The standard InChI is InChI=1S/C16H11BrN2O2/c17-12-6-8-13(9-7-12)19-15(11-4-2-1-3-5-11)14(10-18-19)16(20)21/h1-10H,(H,20,21). The summed E-state index contributed by atoms with van der Waals surface area (Å²) < 4.78 is 2.60. The zero-order chi connectivity index (χ0) is 14.8. The Hall–Kier alpha value is -2.40. The van der Waals surface area contributed by atoms with Gasteiger partial charge in [0.1, 0.15) is 5.56 Å². The second-order valence-corrected chi connectivity index (χ2v) is 5.38. The molecule has 0 aliphatic carbocycles. The largest absolute Gasteiger partial charge is 0.478 e. The number of nitrogens with zero attached hydrogens (tertiary/aromatic N) is 2. The van der Waals surface area contributed by atoms with Crippen molar-refractivity contribution in [3.8, 4) is 16.9 Å². The lowest BCUT2D eigenvalue weighted by atomic mass is 10.1. The fourth-order valence-electron chi connectivity index (χ4n) is 2.16. The molecule has 1 aromatic heterocycles. The van der Waals surface area contributed by atoms with Crippen LogP contribution >= 0.6 is 15.9 Å². The lowest BCUT2D eigenvalue weighted by Gasteiger charge is -2.09. The van der Waals surface area contributed by atoms with E-state index in [0.717, 1.165) is 15.7 Å². The summed E-state index contributed by atoms with van der Waals surface area (Å²) in [4.78, 5) is 11.4. The van der Waals surface area contributed by atoms with Crippen molar-refractivity contribution in [2.45, 2.75) is 0 Å². The van der Waals surface area contributed by atoms with Crippen molar-refractivity contribution in [2.24, 2.45) is 0 Å². The van der Waals surface area contributed by atoms with Crippen LogP contribution in [-0.2, 0) is 0 Å². The first-order chi connectivity index (χ1) is 10.2. The Morgan fingerprint density at radius 2 is 1.71 bits per heavy atom. The molecule has 0 radical (unpaired) electrons. The molecule has 0 unspecified atom stereocenters. The van der Waals surface area contributed by atoms with Crippen LogP contribution in [-0.4, -0.2) is 20.9 Å². The Morgan fingerprint density at radius 1 is 1.05 bits per heavy atom. The van der Waals surface area contributed by atoms with E-state index in [1.807, 2.05) is 54.6 Å². The van der Waals surface area contributed by atoms with Crippen LogP contribution in [0.4, 0.5) is 0 Å². The highest BCUT2D eigenvalue weighted by Crippen LogP contribution is 2.27. The second kappa shape index (κ2) is 5.54. The summed E-state index contributed by atoms with van der Waals surface area (Å²) in [5, 5.41) is 13.6. The summed E-state index contributed by atoms with van der Waals surface area (Å²) in [7, 11) is 0. The minimum Gasteiger partial charge on any atom is -0.478 e. The minimum atomic E-state index is -0.989. The number of aromatic carboxylic acids is 1. The molecule has 0 bridgehead atoms. The maximum atomic E-state index is 11.4. The summed E-state index contributed by atoms with van der Waals surface area (Å²) in [6, 6.07) is 16.9. The van der Waals surface area contributed by atoms with Crippen LogP contribution in [0.5, 0.6) is 0 Å². The molecule has 0 saturated heterocycles. The average Bonchev–Trinajstić information content (AvgIpc) is 2.94. The molecule has 3 aromatic rings. The SMILES string of the molecule is O=C(O)c1cnn(-c2ccc(Br)cc2)c1-c1ccccc1. The molecular formula is C16H11BrN2O2. The van der Waals surface area contributed by atoms with E-state index in [4.69, 9.17) is 0 Å². The Labute approximate surface area is 129 Å². The molecule has 1 N–H and O–H groups in total. The molecule has 5 heteroatoms. The molecule has 2 aromatic carbocycles. The molecule has 104 valence electrons. The van der Waals surface area contributed by atoms with Crippen LogP contribution in [0.15, 0.2) is 65.3 Å². The zero-order valence-corrected chi connectivity index (χ0v) is 12.5. The van der Waals surface area contributed by atoms with E-state index in [-0.39, 0.29) is 5.56 Å². The van der Waals surface area contributed by atoms with Crippen LogP contribution in [0, 0.1) is 0 Å². The van der Waals surface area contributed by atoms with E-state index in [0.29, 0.717) is 5.69 Å². The number of benzene rings is 2. The van der Waals surface area contributed by atoms with E-state index < -0.39 is 5.97 Å². The van der Waals surface area contributed by atoms with Crippen molar-refractivity contribution in [3.63, 3.8) is 0 Å². The van der Waals surface area contributed by atoms with E-state index in [9.17, 15) is 9.90 Å². The maximum Gasteiger partial charge on any atom is 0.339 e. The Bertz CT molecular complexity index is 780. The van der Waals surface area contributed by atoms with E-state index in [1.165, 1.54) is 6.20 Å². The number of carboxylic acid groups (broad SMARTS) is 1. The van der Waals surface area contributed by atoms with Gasteiger partial charge in [-0.3, -0.25) is 0 Å². The molecule has 0 amide bonds. The zero-order valence-electron chi connectivity index (χ0n) is 10.9. The van der Waals surface area contributed by atoms with Gasteiger partial charge in [-0.15, -0.1) is 0 Å². The monoisotopic (exact) mass is 342 g/mol. The number of aromatic nitrogens is 2. The van der Waals surface area contributed by atoms with Gasteiger partial charge in [0.15, 0.2) is 0 Å². The normalized spacial score (nSPS) is 10.5. The van der Waals surface area contributed by atoms with Gasteiger partial charge in [0.2, 0.25) is 0 Å². The summed E-state index contributed by atoms with van der Waals surface area (Å²) in [6.07, 6.45) is 1.38. The molecule has 0 spiro atoms. The van der Waals surface area contributed by atoms with Crippen LogP contribution < -0.4 is 0 Å². The van der Waals surface area contributed by atoms with E-state index in [1.54, 1.807) is 4.68 Å². The molecule has 4 nitrogen and oxygen atoms in total. The highest BCUT2D eigenvalue weighted by molar-refractivity contribution is 9.10. The number of halogens is 1. The number of hydrogen-bond acceptors (Lipinski definition) is 2. The van der Waals surface area contributed by atoms with Gasteiger partial charge in [0.25, 0.3) is 0 Å². The van der Waals surface area contributed by atoms with Crippen molar-refractivity contribution in [3.05, 3.63) is 70.8 Å². The quantitative estimate of drug-likeness (QED) is 0.782. The van der Waals surface area contributed by atoms with Gasteiger partial charge in [-0.25, -0.2) is 9.48 Å². The number of carboxylic acids is 1. The predicted octanol–water partition coefficient (Wildman–Crippen LogP) is 4.00. The smallest absolute Gasteiger partial charge is 0.339 e. The van der Waals surface area contributed by atoms with Crippen molar-refractivity contribution >= 4 is 21.9 Å². The first kappa shape index (κ1) is 13.6. The first-order valence-electron chi connectivity index (χ1n) is 6.29. The van der Waals surface area contributed by atoms with Gasteiger partial charge < -0.3 is 5.11 Å². The van der Waals surface area contributed by atoms with Crippen molar-refractivity contribution in [1.82, 2.24) is 9.78 Å². The van der Waals surface area contributed by atoms with Crippen molar-refractivity contribution in [1.29, 1.82) is 0 Å². The van der Waals surface area contributed by atoms with E-state index in [2.05, 4.69) is 21.0 Å². The topological polar surface area (TPSA) is 55.1 Å². The third-order valence-electron chi connectivity index (χ3n) is 3.12. The summed E-state index contributed by atoms with van der Waals surface area (Å²) in [5.74, 6) is -0.989. The minimum absolute atomic E-state index is 0.184. The van der Waals surface area contributed by atoms with Gasteiger partial charge >= 0.3 is 5.97 Å². The molecule has 0 atom stereocenters. The summed E-state index contributed by atoms with van der Waals surface area (Å²) in [6.45, 7) is 0. The molecule has 0 saturated carbocycles. The fourth-order valence-corrected chi connectivity index (χ4v) is 2.42. The Balaban J connectivity index is 2.22. The summed E-state index contributed by atoms with van der Waals surface area (Å²) >= 11 is 3.39. The lowest BCUT2D eigenvalue weighted by Crippen LogP contribution is -2.02. The molecule has 3 rings (SSSR count). The second-order valence-electron chi connectivity index (χ2n) is 4.47. The molecule has 1 heterocycles. The molecule has 0 fully saturated rings. The average molecular weight is 343 g/mol. The molecular weight excluding hydrogens is 332 g/mol. The first-order valence-corrected chi connectivity index (χ1v) is 7.09. The van der Waals surface area contributed by atoms with Crippen molar-refractivity contribution in [2.75, 3.05) is 0 Å². The highest BCUT2D eigenvalue weighted by atomic mass is 79.9. The predicted molar refractivity (Wildman–Crippen MR) is 83.7 cm³/mol. The summed E-state index contributed by atoms with van der Waals surface area (Å²) in [5.41, 5.74) is 2.38.